The molecule has 1 amide bonds. The number of anilines is 1. The van der Waals surface area contributed by atoms with Gasteiger partial charge in [0.15, 0.2) is 0 Å². The maximum atomic E-state index is 12.1. The summed E-state index contributed by atoms with van der Waals surface area (Å²) in [5, 5.41) is 2.75. The molecular weight excluding hydrogens is 312 g/mol. The smallest absolute Gasteiger partial charge is 0.259 e. The van der Waals surface area contributed by atoms with Crippen LogP contribution in [0.15, 0.2) is 61.3 Å². The Kier molecular flexibility index (Phi) is 4.21. The van der Waals surface area contributed by atoms with Gasteiger partial charge in [0.2, 0.25) is 0 Å². The van der Waals surface area contributed by atoms with Crippen LogP contribution in [0.25, 0.3) is 11.1 Å². The normalized spacial score (nSPS) is 13.9. The molecule has 124 valence electrons. The van der Waals surface area contributed by atoms with Crippen molar-refractivity contribution >= 4 is 11.7 Å². The Hall–Kier alpha value is -3.08. The number of nitrogens with zero attached hydrogens (tertiary/aromatic N) is 3. The van der Waals surface area contributed by atoms with Gasteiger partial charge in [0.1, 0.15) is 12.1 Å². The fourth-order valence-corrected chi connectivity index (χ4v) is 2.96. The molecule has 5 nitrogen and oxygen atoms in total. The number of hydrogen-bond donors (Lipinski definition) is 1. The van der Waals surface area contributed by atoms with Crippen LogP contribution in [0, 0.1) is 0 Å². The van der Waals surface area contributed by atoms with E-state index in [9.17, 15) is 4.79 Å². The van der Waals surface area contributed by atoms with Crippen molar-refractivity contribution in [2.24, 2.45) is 0 Å². The van der Waals surface area contributed by atoms with Crippen molar-refractivity contribution < 1.29 is 4.79 Å². The fraction of sp³-hybridized carbons (Fsp3) is 0.200. The van der Waals surface area contributed by atoms with E-state index >= 15 is 0 Å². The average Bonchev–Trinajstić information content (AvgIpc) is 2.62. The molecule has 1 aromatic carbocycles. The van der Waals surface area contributed by atoms with Gasteiger partial charge in [0, 0.05) is 24.2 Å². The zero-order valence-corrected chi connectivity index (χ0v) is 13.7. The number of carbonyl (C=O) groups excluding carboxylic acids is 1. The number of aromatic nitrogens is 3. The van der Waals surface area contributed by atoms with E-state index in [1.54, 1.807) is 6.20 Å². The van der Waals surface area contributed by atoms with Gasteiger partial charge < -0.3 is 5.32 Å². The molecule has 4 rings (SSSR count). The summed E-state index contributed by atoms with van der Waals surface area (Å²) in [6, 6.07) is 12.4. The van der Waals surface area contributed by atoms with E-state index in [1.807, 2.05) is 12.1 Å². The van der Waals surface area contributed by atoms with Crippen LogP contribution in [-0.2, 0) is 0 Å². The second-order valence-electron chi connectivity index (χ2n) is 6.27. The lowest BCUT2D eigenvalue weighted by Crippen LogP contribution is -2.13. The molecule has 0 radical (unpaired) electrons. The molecule has 25 heavy (non-hydrogen) atoms. The molecule has 1 fully saturated rings. The quantitative estimate of drug-likeness (QED) is 0.783. The molecule has 0 unspecified atom stereocenters. The summed E-state index contributed by atoms with van der Waals surface area (Å²) in [6.07, 6.45) is 10.0. The van der Waals surface area contributed by atoms with Gasteiger partial charge in [-0.1, -0.05) is 30.7 Å². The summed E-state index contributed by atoms with van der Waals surface area (Å²) < 4.78 is 0. The minimum Gasteiger partial charge on any atom is -0.306 e. The number of benzene rings is 1. The van der Waals surface area contributed by atoms with Gasteiger partial charge in [-0.25, -0.2) is 15.0 Å². The lowest BCUT2D eigenvalue weighted by atomic mass is 9.79. The fourth-order valence-electron chi connectivity index (χ4n) is 2.96. The zero-order chi connectivity index (χ0) is 17.1. The zero-order valence-electron chi connectivity index (χ0n) is 13.7. The van der Waals surface area contributed by atoms with Crippen LogP contribution in [0.3, 0.4) is 0 Å². The van der Waals surface area contributed by atoms with Crippen molar-refractivity contribution in [3.8, 4) is 11.1 Å². The van der Waals surface area contributed by atoms with Crippen molar-refractivity contribution in [3.63, 3.8) is 0 Å². The molecule has 1 aliphatic carbocycles. The highest BCUT2D eigenvalue weighted by Crippen LogP contribution is 2.37. The molecule has 0 bridgehead atoms. The van der Waals surface area contributed by atoms with Gasteiger partial charge in [0.05, 0.1) is 5.56 Å². The Morgan fingerprint density at radius 2 is 1.84 bits per heavy atom. The lowest BCUT2D eigenvalue weighted by Gasteiger charge is -2.26. The van der Waals surface area contributed by atoms with Crippen molar-refractivity contribution in [2.45, 2.75) is 25.2 Å². The summed E-state index contributed by atoms with van der Waals surface area (Å²) in [6.45, 7) is 0. The minimum atomic E-state index is -0.271. The number of hydrogen-bond acceptors (Lipinski definition) is 4. The van der Waals surface area contributed by atoms with Crippen molar-refractivity contribution in [2.75, 3.05) is 5.32 Å². The number of carbonyl (C=O) groups is 1. The Balaban J connectivity index is 1.49. The first-order valence-corrected chi connectivity index (χ1v) is 8.42. The summed E-state index contributed by atoms with van der Waals surface area (Å²) in [5.74, 6) is 0.945. The van der Waals surface area contributed by atoms with E-state index in [0.717, 1.165) is 11.1 Å². The Morgan fingerprint density at radius 1 is 1.00 bits per heavy atom. The second-order valence-corrected chi connectivity index (χ2v) is 6.27. The Bertz CT molecular complexity index is 874. The Morgan fingerprint density at radius 3 is 2.52 bits per heavy atom. The third kappa shape index (κ3) is 3.40. The van der Waals surface area contributed by atoms with E-state index in [1.165, 1.54) is 43.5 Å². The molecular formula is C20H18N4O. The molecule has 0 aliphatic heterocycles. The first kappa shape index (κ1) is 15.4. The van der Waals surface area contributed by atoms with Crippen LogP contribution in [0.5, 0.6) is 0 Å². The van der Waals surface area contributed by atoms with Gasteiger partial charge in [-0.3, -0.25) is 4.79 Å². The third-order valence-electron chi connectivity index (χ3n) is 4.62. The van der Waals surface area contributed by atoms with E-state index in [2.05, 4.69) is 44.5 Å². The topological polar surface area (TPSA) is 67.8 Å². The molecule has 2 heterocycles. The van der Waals surface area contributed by atoms with Gasteiger partial charge in [-0.15, -0.1) is 0 Å². The predicted molar refractivity (Wildman–Crippen MR) is 96.3 cm³/mol. The minimum absolute atomic E-state index is 0.271. The molecule has 1 saturated carbocycles. The van der Waals surface area contributed by atoms with Gasteiger partial charge in [-0.05, 0) is 42.0 Å². The third-order valence-corrected chi connectivity index (χ3v) is 4.62. The summed E-state index contributed by atoms with van der Waals surface area (Å²) >= 11 is 0. The maximum absolute atomic E-state index is 12.1. The molecule has 2 aromatic heterocycles. The van der Waals surface area contributed by atoms with Crippen molar-refractivity contribution in [1.82, 2.24) is 15.0 Å². The number of nitrogens with one attached hydrogen (secondary N) is 1. The number of rotatable bonds is 4. The number of amides is 1. The SMILES string of the molecule is O=C(Nc1ccc(-c2cccc(C3CCC3)c2)cn1)c1cncnc1. The molecule has 1 aliphatic rings. The predicted octanol–water partition coefficient (Wildman–Crippen LogP) is 4.06. The summed E-state index contributed by atoms with van der Waals surface area (Å²) in [5.41, 5.74) is 4.01. The van der Waals surface area contributed by atoms with E-state index in [4.69, 9.17) is 0 Å². The highest BCUT2D eigenvalue weighted by atomic mass is 16.1. The van der Waals surface area contributed by atoms with E-state index < -0.39 is 0 Å². The van der Waals surface area contributed by atoms with Crippen LogP contribution in [0.1, 0.15) is 41.1 Å². The average molecular weight is 330 g/mol. The van der Waals surface area contributed by atoms with Gasteiger partial charge in [0.25, 0.3) is 5.91 Å². The van der Waals surface area contributed by atoms with Crippen molar-refractivity contribution in [1.29, 1.82) is 0 Å². The van der Waals surface area contributed by atoms with Crippen LogP contribution < -0.4 is 5.32 Å². The monoisotopic (exact) mass is 330 g/mol. The molecule has 0 spiro atoms. The van der Waals surface area contributed by atoms with Crippen LogP contribution >= 0.6 is 0 Å². The van der Waals surface area contributed by atoms with Gasteiger partial charge >= 0.3 is 0 Å². The maximum Gasteiger partial charge on any atom is 0.259 e. The van der Waals surface area contributed by atoms with E-state index in [0.29, 0.717) is 17.3 Å². The molecule has 3 aromatic rings. The summed E-state index contributed by atoms with van der Waals surface area (Å²) in [7, 11) is 0. The first-order valence-electron chi connectivity index (χ1n) is 8.42. The standard InChI is InChI=1S/C20H18N4O/c25-20(18-10-21-13-22-11-18)24-19-8-7-17(12-23-19)16-6-2-5-15(9-16)14-3-1-4-14/h2,5-14H,1,3-4H2,(H,23,24,25). The largest absolute Gasteiger partial charge is 0.306 e. The lowest BCUT2D eigenvalue weighted by molar-refractivity contribution is 0.102. The highest BCUT2D eigenvalue weighted by molar-refractivity contribution is 6.03. The molecule has 0 atom stereocenters. The van der Waals surface area contributed by atoms with Crippen LogP contribution in [0.2, 0.25) is 0 Å². The van der Waals surface area contributed by atoms with Crippen molar-refractivity contribution in [3.05, 3.63) is 72.4 Å². The van der Waals surface area contributed by atoms with Crippen LogP contribution in [0.4, 0.5) is 5.82 Å². The molecule has 0 saturated heterocycles. The Labute approximate surface area is 146 Å². The highest BCUT2D eigenvalue weighted by Gasteiger charge is 2.19. The van der Waals surface area contributed by atoms with E-state index in [-0.39, 0.29) is 5.91 Å². The van der Waals surface area contributed by atoms with Crippen LogP contribution in [-0.4, -0.2) is 20.9 Å². The van der Waals surface area contributed by atoms with Gasteiger partial charge in [-0.2, -0.15) is 0 Å². The number of pyridine rings is 1. The molecule has 5 heteroatoms. The summed E-state index contributed by atoms with van der Waals surface area (Å²) in [4.78, 5) is 24.1. The first-order chi connectivity index (χ1) is 12.3. The second kappa shape index (κ2) is 6.81. The molecule has 1 N–H and O–H groups in total.